The first-order chi connectivity index (χ1) is 10.2. The Morgan fingerprint density at radius 3 is 2.36 bits per heavy atom. The number of sulfonamides is 1. The summed E-state index contributed by atoms with van der Waals surface area (Å²) in [6.07, 6.45) is 3.70. The van der Waals surface area contributed by atoms with E-state index in [1.165, 1.54) is 16.4 Å². The van der Waals surface area contributed by atoms with Crippen molar-refractivity contribution in [1.82, 2.24) is 4.31 Å². The molecule has 0 N–H and O–H groups in total. The fraction of sp³-hybridized carbons (Fsp3) is 0.600. The Bertz CT molecular complexity index is 664. The quantitative estimate of drug-likeness (QED) is 0.629. The third-order valence-corrected chi connectivity index (χ3v) is 6.59. The van der Waals surface area contributed by atoms with Crippen molar-refractivity contribution >= 4 is 15.7 Å². The molecule has 2 rings (SSSR count). The van der Waals surface area contributed by atoms with Gasteiger partial charge >= 0.3 is 0 Å². The number of nitrogens with zero attached hydrogens (tertiary/aromatic N) is 2. The van der Waals surface area contributed by atoms with E-state index in [9.17, 15) is 18.5 Å². The minimum absolute atomic E-state index is 0.0279. The van der Waals surface area contributed by atoms with Crippen LogP contribution in [0.3, 0.4) is 0 Å². The second-order valence-corrected chi connectivity index (χ2v) is 8.11. The Morgan fingerprint density at radius 1 is 1.23 bits per heavy atom. The largest absolute Gasteiger partial charge is 0.270 e. The molecule has 7 heteroatoms. The van der Waals surface area contributed by atoms with Gasteiger partial charge < -0.3 is 0 Å². The molecular weight excluding hydrogens is 304 g/mol. The maximum atomic E-state index is 12.8. The molecule has 122 valence electrons. The molecule has 0 unspecified atom stereocenters. The summed E-state index contributed by atoms with van der Waals surface area (Å²) in [5, 5.41) is 10.9. The van der Waals surface area contributed by atoms with Crippen molar-refractivity contribution in [2.45, 2.75) is 50.5 Å². The van der Waals surface area contributed by atoms with Gasteiger partial charge in [0.2, 0.25) is 10.0 Å². The van der Waals surface area contributed by atoms with Gasteiger partial charge in [-0.2, -0.15) is 4.31 Å². The van der Waals surface area contributed by atoms with Crippen LogP contribution in [0.15, 0.2) is 23.1 Å². The predicted molar refractivity (Wildman–Crippen MR) is 84.2 cm³/mol. The van der Waals surface area contributed by atoms with Gasteiger partial charge in [0.05, 0.1) is 9.82 Å². The molecule has 0 aliphatic heterocycles. The van der Waals surface area contributed by atoms with Gasteiger partial charge in [-0.15, -0.1) is 0 Å². The SMILES string of the molecule is Cc1ccc([N+](=O)[O-])cc1S(=O)(=O)N(C)C1CCC(C)CC1. The lowest BCUT2D eigenvalue weighted by Crippen LogP contribution is -2.39. The first kappa shape index (κ1) is 16.9. The van der Waals surface area contributed by atoms with Crippen molar-refractivity contribution < 1.29 is 13.3 Å². The van der Waals surface area contributed by atoms with Crippen LogP contribution in [0.25, 0.3) is 0 Å². The molecule has 6 nitrogen and oxygen atoms in total. The third-order valence-electron chi connectivity index (χ3n) is 4.54. The van der Waals surface area contributed by atoms with Crippen molar-refractivity contribution in [3.63, 3.8) is 0 Å². The highest BCUT2D eigenvalue weighted by molar-refractivity contribution is 7.89. The second kappa shape index (κ2) is 6.34. The summed E-state index contributed by atoms with van der Waals surface area (Å²) in [7, 11) is -2.14. The Morgan fingerprint density at radius 2 is 1.82 bits per heavy atom. The zero-order valence-electron chi connectivity index (χ0n) is 13.2. The second-order valence-electron chi connectivity index (χ2n) is 6.14. The predicted octanol–water partition coefficient (Wildman–Crippen LogP) is 3.10. The fourth-order valence-electron chi connectivity index (χ4n) is 2.94. The van der Waals surface area contributed by atoms with Gasteiger partial charge in [-0.05, 0) is 44.1 Å². The van der Waals surface area contributed by atoms with Crippen LogP contribution in [0, 0.1) is 23.0 Å². The lowest BCUT2D eigenvalue weighted by atomic mass is 9.87. The van der Waals surface area contributed by atoms with Gasteiger partial charge in [-0.25, -0.2) is 8.42 Å². The first-order valence-electron chi connectivity index (χ1n) is 7.46. The minimum atomic E-state index is -3.71. The zero-order valence-corrected chi connectivity index (χ0v) is 14.0. The van der Waals surface area contributed by atoms with Crippen LogP contribution >= 0.6 is 0 Å². The summed E-state index contributed by atoms with van der Waals surface area (Å²) in [4.78, 5) is 10.4. The third kappa shape index (κ3) is 3.30. The van der Waals surface area contributed by atoms with Crippen LogP contribution in [0.1, 0.15) is 38.2 Å². The molecule has 1 fully saturated rings. The number of rotatable bonds is 4. The van der Waals surface area contributed by atoms with E-state index >= 15 is 0 Å². The highest BCUT2D eigenvalue weighted by atomic mass is 32.2. The van der Waals surface area contributed by atoms with Crippen molar-refractivity contribution in [1.29, 1.82) is 0 Å². The average molecular weight is 326 g/mol. The molecule has 0 radical (unpaired) electrons. The molecule has 0 atom stereocenters. The van der Waals surface area contributed by atoms with Crippen LogP contribution in [-0.2, 0) is 10.0 Å². The summed E-state index contributed by atoms with van der Waals surface area (Å²) in [5.41, 5.74) is 0.330. The van der Waals surface area contributed by atoms with Crippen LogP contribution < -0.4 is 0 Å². The Hall–Kier alpha value is -1.47. The van der Waals surface area contributed by atoms with E-state index < -0.39 is 14.9 Å². The van der Waals surface area contributed by atoms with Crippen molar-refractivity contribution in [3.8, 4) is 0 Å². The van der Waals surface area contributed by atoms with Gasteiger partial charge in [-0.1, -0.05) is 13.0 Å². The molecule has 0 aromatic heterocycles. The number of hydrogen-bond donors (Lipinski definition) is 0. The fourth-order valence-corrected chi connectivity index (χ4v) is 4.60. The lowest BCUT2D eigenvalue weighted by Gasteiger charge is -2.33. The average Bonchev–Trinajstić information content (AvgIpc) is 2.47. The number of hydrogen-bond acceptors (Lipinski definition) is 4. The molecule has 0 saturated heterocycles. The number of aryl methyl sites for hydroxylation is 1. The maximum Gasteiger partial charge on any atom is 0.270 e. The molecule has 1 aromatic carbocycles. The molecule has 0 heterocycles. The summed E-state index contributed by atoms with van der Waals surface area (Å²) in [6.45, 7) is 3.84. The topological polar surface area (TPSA) is 80.5 Å². The van der Waals surface area contributed by atoms with E-state index in [1.807, 2.05) is 0 Å². The van der Waals surface area contributed by atoms with E-state index in [0.717, 1.165) is 31.7 Å². The van der Waals surface area contributed by atoms with Crippen molar-refractivity contribution in [3.05, 3.63) is 33.9 Å². The summed E-state index contributed by atoms with van der Waals surface area (Å²) < 4.78 is 27.0. The molecular formula is C15H22N2O4S. The maximum absolute atomic E-state index is 12.8. The van der Waals surface area contributed by atoms with E-state index in [2.05, 4.69) is 6.92 Å². The van der Waals surface area contributed by atoms with Crippen molar-refractivity contribution in [2.75, 3.05) is 7.05 Å². The molecule has 0 amide bonds. The van der Waals surface area contributed by atoms with Gasteiger partial charge in [0.25, 0.3) is 5.69 Å². The van der Waals surface area contributed by atoms with Gasteiger partial charge in [0.1, 0.15) is 0 Å². The Balaban J connectivity index is 2.33. The number of non-ortho nitro benzene ring substituents is 1. The molecule has 1 aliphatic rings. The summed E-state index contributed by atoms with van der Waals surface area (Å²) in [6, 6.07) is 3.95. The molecule has 0 spiro atoms. The Kier molecular flexibility index (Phi) is 4.87. The number of nitro benzene ring substituents is 1. The highest BCUT2D eigenvalue weighted by Crippen LogP contribution is 2.31. The molecule has 1 aromatic rings. The molecule has 22 heavy (non-hydrogen) atoms. The van der Waals surface area contributed by atoms with Gasteiger partial charge in [0.15, 0.2) is 0 Å². The van der Waals surface area contributed by atoms with E-state index in [4.69, 9.17) is 0 Å². The summed E-state index contributed by atoms with van der Waals surface area (Å²) >= 11 is 0. The smallest absolute Gasteiger partial charge is 0.258 e. The zero-order chi connectivity index (χ0) is 16.5. The van der Waals surface area contributed by atoms with Gasteiger partial charge in [-0.3, -0.25) is 10.1 Å². The standard InChI is InChI=1S/C15H22N2O4S/c1-11-4-7-13(8-5-11)16(3)22(20,21)15-10-14(17(18)19)9-6-12(15)2/h6,9-11,13H,4-5,7-8H2,1-3H3. The van der Waals surface area contributed by atoms with Gasteiger partial charge in [0, 0.05) is 25.2 Å². The van der Waals surface area contributed by atoms with Crippen LogP contribution in [-0.4, -0.2) is 30.7 Å². The molecule has 0 bridgehead atoms. The monoisotopic (exact) mass is 326 g/mol. The number of nitro groups is 1. The first-order valence-corrected chi connectivity index (χ1v) is 8.90. The van der Waals surface area contributed by atoms with E-state index in [0.29, 0.717) is 11.5 Å². The van der Waals surface area contributed by atoms with Crippen LogP contribution in [0.2, 0.25) is 0 Å². The lowest BCUT2D eigenvalue weighted by molar-refractivity contribution is -0.385. The molecule has 1 saturated carbocycles. The highest BCUT2D eigenvalue weighted by Gasteiger charge is 2.32. The van der Waals surface area contributed by atoms with Crippen LogP contribution in [0.4, 0.5) is 5.69 Å². The minimum Gasteiger partial charge on any atom is -0.258 e. The Labute approximate surface area is 131 Å². The molecule has 1 aliphatic carbocycles. The summed E-state index contributed by atoms with van der Waals surface area (Å²) in [5.74, 6) is 0.631. The number of benzene rings is 1. The van der Waals surface area contributed by atoms with Crippen LogP contribution in [0.5, 0.6) is 0 Å². The van der Waals surface area contributed by atoms with E-state index in [1.54, 1.807) is 14.0 Å². The van der Waals surface area contributed by atoms with Crippen molar-refractivity contribution in [2.24, 2.45) is 5.92 Å². The normalized spacial score (nSPS) is 22.7. The van der Waals surface area contributed by atoms with E-state index in [-0.39, 0.29) is 16.6 Å².